The summed E-state index contributed by atoms with van der Waals surface area (Å²) in [5.74, 6) is -0.269. The summed E-state index contributed by atoms with van der Waals surface area (Å²) >= 11 is 0. The van der Waals surface area contributed by atoms with Crippen LogP contribution in [0.25, 0.3) is 0 Å². The zero-order valence-electron chi connectivity index (χ0n) is 10.9. The minimum atomic E-state index is -4.39. The van der Waals surface area contributed by atoms with Crippen LogP contribution in [0, 0.1) is 0 Å². The molecule has 1 nitrogen and oxygen atoms in total. The molecule has 0 aliphatic heterocycles. The van der Waals surface area contributed by atoms with Crippen LogP contribution in [0.4, 0.5) is 13.2 Å². The van der Waals surface area contributed by atoms with Crippen molar-refractivity contribution < 1.29 is 18.0 Å². The van der Waals surface area contributed by atoms with Crippen molar-refractivity contribution in [3.05, 3.63) is 70.8 Å². The van der Waals surface area contributed by atoms with E-state index in [2.05, 4.69) is 0 Å². The molecule has 0 amide bonds. The molecular weight excluding hydrogens is 265 g/mol. The second kappa shape index (κ2) is 5.49. The molecule has 0 radical (unpaired) electrons. The molecule has 2 aromatic rings. The number of benzene rings is 2. The van der Waals surface area contributed by atoms with Gasteiger partial charge in [-0.15, -0.1) is 0 Å². The van der Waals surface area contributed by atoms with Crippen molar-refractivity contribution in [1.82, 2.24) is 0 Å². The van der Waals surface area contributed by atoms with Crippen LogP contribution in [-0.4, -0.2) is 5.78 Å². The smallest absolute Gasteiger partial charge is 0.289 e. The van der Waals surface area contributed by atoms with Gasteiger partial charge in [-0.2, -0.15) is 13.2 Å². The summed E-state index contributed by atoms with van der Waals surface area (Å²) in [6, 6.07) is 11.4. The molecule has 0 bridgehead atoms. The number of ketones is 1. The summed E-state index contributed by atoms with van der Waals surface area (Å²) in [6.07, 6.45) is -3.59. The fraction of sp³-hybridized carbons (Fsp3) is 0.188. The average Bonchev–Trinajstić information content (AvgIpc) is 2.46. The Balaban J connectivity index is 2.29. The van der Waals surface area contributed by atoms with E-state index in [0.29, 0.717) is 5.56 Å². The zero-order chi connectivity index (χ0) is 14.8. The predicted molar refractivity (Wildman–Crippen MR) is 70.7 cm³/mol. The maximum atomic E-state index is 12.5. The van der Waals surface area contributed by atoms with Gasteiger partial charge in [0.2, 0.25) is 0 Å². The normalized spacial score (nSPS) is 11.4. The third-order valence-corrected chi connectivity index (χ3v) is 3.07. The van der Waals surface area contributed by atoms with E-state index in [0.717, 1.165) is 24.1 Å². The number of hydrogen-bond donors (Lipinski definition) is 0. The largest absolute Gasteiger partial charge is 0.416 e. The molecule has 0 heterocycles. The van der Waals surface area contributed by atoms with E-state index in [1.165, 1.54) is 12.1 Å². The van der Waals surface area contributed by atoms with Gasteiger partial charge in [-0.25, -0.2) is 0 Å². The topological polar surface area (TPSA) is 17.1 Å². The Kier molecular flexibility index (Phi) is 3.93. The van der Waals surface area contributed by atoms with E-state index in [-0.39, 0.29) is 11.3 Å². The van der Waals surface area contributed by atoms with Crippen LogP contribution < -0.4 is 0 Å². The Morgan fingerprint density at radius 3 is 2.20 bits per heavy atom. The molecule has 20 heavy (non-hydrogen) atoms. The molecule has 2 rings (SSSR count). The van der Waals surface area contributed by atoms with Crippen LogP contribution >= 0.6 is 0 Å². The third-order valence-electron chi connectivity index (χ3n) is 3.07. The molecule has 0 aromatic heterocycles. The summed E-state index contributed by atoms with van der Waals surface area (Å²) in [4.78, 5) is 12.2. The average molecular weight is 278 g/mol. The van der Waals surface area contributed by atoms with Crippen LogP contribution in [0.15, 0.2) is 48.5 Å². The van der Waals surface area contributed by atoms with Crippen LogP contribution in [0.5, 0.6) is 0 Å². The van der Waals surface area contributed by atoms with Gasteiger partial charge >= 0.3 is 6.18 Å². The molecule has 4 heteroatoms. The third kappa shape index (κ3) is 3.07. The SMILES string of the molecule is CCc1cccc(C(=O)c2ccc(C(F)(F)F)cc2)c1. The Morgan fingerprint density at radius 2 is 1.65 bits per heavy atom. The highest BCUT2D eigenvalue weighted by Gasteiger charge is 2.30. The Bertz CT molecular complexity index is 612. The molecule has 104 valence electrons. The highest BCUT2D eigenvalue weighted by Crippen LogP contribution is 2.29. The van der Waals surface area contributed by atoms with Crippen LogP contribution in [0.2, 0.25) is 0 Å². The molecule has 0 N–H and O–H groups in total. The summed E-state index contributed by atoms with van der Waals surface area (Å²) in [6.45, 7) is 1.97. The minimum Gasteiger partial charge on any atom is -0.289 e. The fourth-order valence-corrected chi connectivity index (χ4v) is 1.91. The monoisotopic (exact) mass is 278 g/mol. The number of hydrogen-bond acceptors (Lipinski definition) is 1. The van der Waals surface area contributed by atoms with Crippen molar-refractivity contribution in [2.75, 3.05) is 0 Å². The molecule has 0 spiro atoms. The maximum Gasteiger partial charge on any atom is 0.416 e. The van der Waals surface area contributed by atoms with Gasteiger partial charge in [0.15, 0.2) is 5.78 Å². The van der Waals surface area contributed by atoms with Crippen LogP contribution in [0.3, 0.4) is 0 Å². The van der Waals surface area contributed by atoms with E-state index < -0.39 is 11.7 Å². The Hall–Kier alpha value is -2.10. The molecular formula is C16H13F3O. The molecule has 0 atom stereocenters. The summed E-state index contributed by atoms with van der Waals surface area (Å²) < 4.78 is 37.4. The highest BCUT2D eigenvalue weighted by molar-refractivity contribution is 6.09. The second-order valence-corrected chi connectivity index (χ2v) is 4.46. The lowest BCUT2D eigenvalue weighted by atomic mass is 9.99. The number of rotatable bonds is 3. The highest BCUT2D eigenvalue weighted by atomic mass is 19.4. The molecule has 2 aromatic carbocycles. The first-order chi connectivity index (χ1) is 9.41. The summed E-state index contributed by atoms with van der Waals surface area (Å²) in [5, 5.41) is 0. The van der Waals surface area contributed by atoms with Gasteiger partial charge in [0.25, 0.3) is 0 Å². The Morgan fingerprint density at radius 1 is 1.00 bits per heavy atom. The van der Waals surface area contributed by atoms with E-state index in [1.54, 1.807) is 18.2 Å². The van der Waals surface area contributed by atoms with Gasteiger partial charge in [0.1, 0.15) is 0 Å². The first kappa shape index (κ1) is 14.3. The standard InChI is InChI=1S/C16H13F3O/c1-2-11-4-3-5-13(10-11)15(20)12-6-8-14(9-7-12)16(17,18)19/h3-10H,2H2,1H3. The summed E-state index contributed by atoms with van der Waals surface area (Å²) in [7, 11) is 0. The van der Waals surface area contributed by atoms with E-state index in [4.69, 9.17) is 0 Å². The molecule has 0 aliphatic carbocycles. The van der Waals surface area contributed by atoms with Crippen molar-refractivity contribution in [1.29, 1.82) is 0 Å². The molecule has 0 saturated carbocycles. The first-order valence-corrected chi connectivity index (χ1v) is 6.22. The molecule has 0 aliphatic rings. The van der Waals surface area contributed by atoms with Gasteiger partial charge in [-0.1, -0.05) is 37.3 Å². The number of alkyl halides is 3. The lowest BCUT2D eigenvalue weighted by Gasteiger charge is -2.07. The van der Waals surface area contributed by atoms with Crippen molar-refractivity contribution in [2.45, 2.75) is 19.5 Å². The maximum absolute atomic E-state index is 12.5. The van der Waals surface area contributed by atoms with Crippen LogP contribution in [0.1, 0.15) is 34.0 Å². The first-order valence-electron chi connectivity index (χ1n) is 6.22. The van der Waals surface area contributed by atoms with Gasteiger partial charge in [0.05, 0.1) is 5.56 Å². The molecule has 0 unspecified atom stereocenters. The number of halogens is 3. The quantitative estimate of drug-likeness (QED) is 0.755. The molecule has 0 fully saturated rings. The number of carbonyl (C=O) groups excluding carboxylic acids is 1. The lowest BCUT2D eigenvalue weighted by Crippen LogP contribution is -2.06. The van der Waals surface area contributed by atoms with Crippen molar-refractivity contribution >= 4 is 5.78 Å². The Labute approximate surface area is 115 Å². The van der Waals surface area contributed by atoms with E-state index >= 15 is 0 Å². The number of carbonyl (C=O) groups is 1. The zero-order valence-corrected chi connectivity index (χ0v) is 10.9. The van der Waals surface area contributed by atoms with E-state index in [1.807, 2.05) is 13.0 Å². The number of aryl methyl sites for hydroxylation is 1. The fourth-order valence-electron chi connectivity index (χ4n) is 1.91. The van der Waals surface area contributed by atoms with Gasteiger partial charge in [-0.05, 0) is 30.2 Å². The minimum absolute atomic E-state index is 0.256. The summed E-state index contributed by atoms with van der Waals surface area (Å²) in [5.41, 5.74) is 1.01. The van der Waals surface area contributed by atoms with Gasteiger partial charge in [0, 0.05) is 11.1 Å². The van der Waals surface area contributed by atoms with Crippen molar-refractivity contribution in [3.8, 4) is 0 Å². The molecule has 0 saturated heterocycles. The van der Waals surface area contributed by atoms with Crippen molar-refractivity contribution in [2.24, 2.45) is 0 Å². The van der Waals surface area contributed by atoms with Gasteiger partial charge < -0.3 is 0 Å². The van der Waals surface area contributed by atoms with Crippen molar-refractivity contribution in [3.63, 3.8) is 0 Å². The lowest BCUT2D eigenvalue weighted by molar-refractivity contribution is -0.137. The van der Waals surface area contributed by atoms with Crippen LogP contribution in [-0.2, 0) is 12.6 Å². The van der Waals surface area contributed by atoms with Gasteiger partial charge in [-0.3, -0.25) is 4.79 Å². The second-order valence-electron chi connectivity index (χ2n) is 4.46. The van der Waals surface area contributed by atoms with E-state index in [9.17, 15) is 18.0 Å². The predicted octanol–water partition coefficient (Wildman–Crippen LogP) is 4.50.